The van der Waals surface area contributed by atoms with Crippen LogP contribution in [0.2, 0.25) is 0 Å². The molecule has 0 aliphatic heterocycles. The summed E-state index contributed by atoms with van der Waals surface area (Å²) in [6.07, 6.45) is -4.09. The van der Waals surface area contributed by atoms with Gasteiger partial charge in [0, 0.05) is 0 Å². The zero-order valence-electron chi connectivity index (χ0n) is 9.54. The number of hydrogen-bond donors (Lipinski definition) is 0. The zero-order chi connectivity index (χ0) is 14.0. The Labute approximate surface area is 106 Å². The third-order valence-corrected chi connectivity index (χ3v) is 2.65. The van der Waals surface area contributed by atoms with E-state index in [4.69, 9.17) is 0 Å². The minimum absolute atomic E-state index is 0.129. The lowest BCUT2D eigenvalue weighted by atomic mass is 10.0. The van der Waals surface area contributed by atoms with Gasteiger partial charge in [-0.15, -0.1) is 0 Å². The lowest BCUT2D eigenvalue weighted by Gasteiger charge is -2.09. The third kappa shape index (κ3) is 2.81. The van der Waals surface area contributed by atoms with Crippen LogP contribution in [0.3, 0.4) is 0 Å². The lowest BCUT2D eigenvalue weighted by molar-refractivity contribution is -0.137. The fourth-order valence-electron chi connectivity index (χ4n) is 1.68. The molecule has 0 fully saturated rings. The van der Waals surface area contributed by atoms with Crippen LogP contribution in [0.4, 0.5) is 17.6 Å². The number of benzene rings is 2. The predicted octanol–water partition coefficient (Wildman–Crippen LogP) is 4.32. The molecule has 5 heteroatoms. The number of alkyl halides is 3. The molecule has 0 saturated carbocycles. The molecule has 0 N–H and O–H groups in total. The Kier molecular flexibility index (Phi) is 3.38. The molecule has 0 heterocycles. The molecule has 1 nitrogen and oxygen atoms in total. The standard InChI is InChI=1S/C14H8F4O/c15-13-7-10(4-5-11(13)8-19)9-2-1-3-12(6-9)14(16,17)18/h1-8H. The number of halogens is 4. The van der Waals surface area contributed by atoms with E-state index in [1.807, 2.05) is 0 Å². The van der Waals surface area contributed by atoms with E-state index in [-0.39, 0.29) is 16.7 Å². The Bertz CT molecular complexity index is 617. The topological polar surface area (TPSA) is 17.1 Å². The summed E-state index contributed by atoms with van der Waals surface area (Å²) in [5, 5.41) is 0. The van der Waals surface area contributed by atoms with E-state index in [0.29, 0.717) is 6.29 Å². The van der Waals surface area contributed by atoms with Crippen molar-refractivity contribution in [3.8, 4) is 11.1 Å². The molecule has 0 radical (unpaired) electrons. The molecule has 2 aromatic rings. The summed E-state index contributed by atoms with van der Waals surface area (Å²) >= 11 is 0. The minimum atomic E-state index is -4.45. The quantitative estimate of drug-likeness (QED) is 0.585. The maximum absolute atomic E-state index is 13.4. The highest BCUT2D eigenvalue weighted by atomic mass is 19.4. The maximum Gasteiger partial charge on any atom is 0.416 e. The summed E-state index contributed by atoms with van der Waals surface area (Å²) in [6, 6.07) is 8.27. The van der Waals surface area contributed by atoms with Crippen molar-refractivity contribution in [2.75, 3.05) is 0 Å². The van der Waals surface area contributed by atoms with Crippen molar-refractivity contribution in [1.29, 1.82) is 0 Å². The van der Waals surface area contributed by atoms with Crippen LogP contribution < -0.4 is 0 Å². The number of hydrogen-bond acceptors (Lipinski definition) is 1. The molecule has 19 heavy (non-hydrogen) atoms. The third-order valence-electron chi connectivity index (χ3n) is 2.65. The van der Waals surface area contributed by atoms with Crippen LogP contribution in [0, 0.1) is 5.82 Å². The van der Waals surface area contributed by atoms with E-state index in [9.17, 15) is 22.4 Å². The number of carbonyl (C=O) groups excluding carboxylic acids is 1. The summed E-state index contributed by atoms with van der Waals surface area (Å²) in [5.74, 6) is -0.759. The normalized spacial score (nSPS) is 11.4. The van der Waals surface area contributed by atoms with Crippen molar-refractivity contribution in [3.05, 3.63) is 59.4 Å². The Hall–Kier alpha value is -2.17. The molecule has 0 bridgehead atoms. The van der Waals surface area contributed by atoms with Crippen LogP contribution in [-0.2, 0) is 6.18 Å². The van der Waals surface area contributed by atoms with Crippen molar-refractivity contribution in [2.45, 2.75) is 6.18 Å². The van der Waals surface area contributed by atoms with Crippen LogP contribution in [0.5, 0.6) is 0 Å². The van der Waals surface area contributed by atoms with Gasteiger partial charge in [0.2, 0.25) is 0 Å². The fourth-order valence-corrected chi connectivity index (χ4v) is 1.68. The van der Waals surface area contributed by atoms with Crippen LogP contribution in [0.25, 0.3) is 11.1 Å². The van der Waals surface area contributed by atoms with Gasteiger partial charge in [0.05, 0.1) is 11.1 Å². The van der Waals surface area contributed by atoms with Crippen molar-refractivity contribution >= 4 is 6.29 Å². The van der Waals surface area contributed by atoms with E-state index < -0.39 is 17.6 Å². The Morgan fingerprint density at radius 3 is 2.21 bits per heavy atom. The summed E-state index contributed by atoms with van der Waals surface area (Å²) in [4.78, 5) is 10.5. The first-order valence-electron chi connectivity index (χ1n) is 5.34. The van der Waals surface area contributed by atoms with Crippen LogP contribution >= 0.6 is 0 Å². The first-order chi connectivity index (χ1) is 8.91. The number of aldehydes is 1. The van der Waals surface area contributed by atoms with Gasteiger partial charge < -0.3 is 0 Å². The van der Waals surface area contributed by atoms with Crippen molar-refractivity contribution in [2.24, 2.45) is 0 Å². The average molecular weight is 268 g/mol. The highest BCUT2D eigenvalue weighted by Gasteiger charge is 2.30. The van der Waals surface area contributed by atoms with E-state index in [1.165, 1.54) is 24.3 Å². The lowest BCUT2D eigenvalue weighted by Crippen LogP contribution is -2.04. The first-order valence-corrected chi connectivity index (χ1v) is 5.34. The molecule has 0 aliphatic rings. The summed E-state index contributed by atoms with van der Waals surface area (Å²) in [6.45, 7) is 0. The second-order valence-corrected chi connectivity index (χ2v) is 3.93. The van der Waals surface area contributed by atoms with E-state index in [2.05, 4.69) is 0 Å². The molecule has 0 aromatic heterocycles. The van der Waals surface area contributed by atoms with Crippen LogP contribution in [0.15, 0.2) is 42.5 Å². The van der Waals surface area contributed by atoms with Gasteiger partial charge in [-0.3, -0.25) is 4.79 Å². The van der Waals surface area contributed by atoms with Gasteiger partial charge in [0.25, 0.3) is 0 Å². The Morgan fingerprint density at radius 2 is 1.63 bits per heavy atom. The zero-order valence-corrected chi connectivity index (χ0v) is 9.54. The first kappa shape index (κ1) is 13.3. The molecule has 2 aromatic carbocycles. The van der Waals surface area contributed by atoms with E-state index in [0.717, 1.165) is 18.2 Å². The summed E-state index contributed by atoms with van der Waals surface area (Å²) in [7, 11) is 0. The highest BCUT2D eigenvalue weighted by Crippen LogP contribution is 2.32. The summed E-state index contributed by atoms with van der Waals surface area (Å²) in [5.41, 5.74) is -0.402. The maximum atomic E-state index is 13.4. The average Bonchev–Trinajstić information content (AvgIpc) is 2.38. The Morgan fingerprint density at radius 1 is 0.947 bits per heavy atom. The monoisotopic (exact) mass is 268 g/mol. The van der Waals surface area contributed by atoms with Gasteiger partial charge in [-0.05, 0) is 35.4 Å². The second kappa shape index (κ2) is 4.84. The Balaban J connectivity index is 2.48. The van der Waals surface area contributed by atoms with Gasteiger partial charge in [-0.1, -0.05) is 18.2 Å². The van der Waals surface area contributed by atoms with Gasteiger partial charge in [-0.25, -0.2) is 4.39 Å². The SMILES string of the molecule is O=Cc1ccc(-c2cccc(C(F)(F)F)c2)cc1F. The smallest absolute Gasteiger partial charge is 0.298 e. The van der Waals surface area contributed by atoms with Crippen LogP contribution in [-0.4, -0.2) is 6.29 Å². The molecule has 0 unspecified atom stereocenters. The molecule has 98 valence electrons. The van der Waals surface area contributed by atoms with E-state index in [1.54, 1.807) is 0 Å². The largest absolute Gasteiger partial charge is 0.416 e. The second-order valence-electron chi connectivity index (χ2n) is 3.93. The van der Waals surface area contributed by atoms with Gasteiger partial charge in [-0.2, -0.15) is 13.2 Å². The molecular weight excluding hydrogens is 260 g/mol. The molecule has 2 rings (SSSR count). The van der Waals surface area contributed by atoms with Gasteiger partial charge in [0.15, 0.2) is 6.29 Å². The fraction of sp³-hybridized carbons (Fsp3) is 0.0714. The molecule has 0 saturated heterocycles. The van der Waals surface area contributed by atoms with Gasteiger partial charge >= 0.3 is 6.18 Å². The number of carbonyl (C=O) groups is 1. The van der Waals surface area contributed by atoms with Gasteiger partial charge in [0.1, 0.15) is 5.82 Å². The minimum Gasteiger partial charge on any atom is -0.298 e. The van der Waals surface area contributed by atoms with Crippen LogP contribution in [0.1, 0.15) is 15.9 Å². The predicted molar refractivity (Wildman–Crippen MR) is 62.2 cm³/mol. The van der Waals surface area contributed by atoms with Crippen molar-refractivity contribution in [1.82, 2.24) is 0 Å². The highest BCUT2D eigenvalue weighted by molar-refractivity contribution is 5.77. The van der Waals surface area contributed by atoms with Crippen molar-refractivity contribution < 1.29 is 22.4 Å². The molecular formula is C14H8F4O. The van der Waals surface area contributed by atoms with E-state index >= 15 is 0 Å². The summed E-state index contributed by atoms with van der Waals surface area (Å²) < 4.78 is 51.1. The molecule has 0 amide bonds. The molecule has 0 aliphatic carbocycles. The molecule has 0 atom stereocenters. The van der Waals surface area contributed by atoms with Crippen molar-refractivity contribution in [3.63, 3.8) is 0 Å². The number of rotatable bonds is 2. The molecule has 0 spiro atoms.